The molecule has 1 amide bonds. The van der Waals surface area contributed by atoms with Gasteiger partial charge in [-0.05, 0) is 35.9 Å². The number of fused-ring (bicyclic) bond motifs is 2. The zero-order chi connectivity index (χ0) is 21.2. The number of amides is 1. The number of pyridine rings is 2. The molecule has 0 saturated carbocycles. The zero-order valence-electron chi connectivity index (χ0n) is 16.5. The third-order valence-corrected chi connectivity index (χ3v) is 4.73. The van der Waals surface area contributed by atoms with E-state index in [0.29, 0.717) is 35.0 Å². The lowest BCUT2D eigenvalue weighted by molar-refractivity contribution is 0.0963. The van der Waals surface area contributed by atoms with Crippen molar-refractivity contribution in [2.75, 3.05) is 12.4 Å². The van der Waals surface area contributed by atoms with E-state index in [2.05, 4.69) is 46.9 Å². The monoisotopic (exact) mass is 411 g/mol. The van der Waals surface area contributed by atoms with Gasteiger partial charge in [-0.25, -0.2) is 19.6 Å². The molecule has 0 spiro atoms. The standard InChI is InChI=1S/C21H17N9O/c1-22-21(31)15-6-8-24-17(10-15)26-18-11-25-19-20(27-18)30(29-28-19)12-13-4-5-16-14(9-13)3-2-7-23-16/h2-11H,12H2,1H3,(H,22,31)(H,24,26,27). The van der Waals surface area contributed by atoms with E-state index >= 15 is 0 Å². The van der Waals surface area contributed by atoms with Gasteiger partial charge in [-0.15, -0.1) is 5.10 Å². The lowest BCUT2D eigenvalue weighted by atomic mass is 10.1. The molecule has 5 aromatic rings. The smallest absolute Gasteiger partial charge is 0.251 e. The van der Waals surface area contributed by atoms with Gasteiger partial charge in [-0.2, -0.15) is 0 Å². The first-order valence-corrected chi connectivity index (χ1v) is 9.55. The number of carbonyl (C=O) groups excluding carboxylic acids is 1. The molecule has 0 atom stereocenters. The molecule has 0 aliphatic rings. The molecule has 152 valence electrons. The van der Waals surface area contributed by atoms with E-state index in [1.165, 1.54) is 0 Å². The van der Waals surface area contributed by atoms with Gasteiger partial charge in [0.1, 0.15) is 5.82 Å². The summed E-state index contributed by atoms with van der Waals surface area (Å²) in [6.45, 7) is 0.490. The fourth-order valence-electron chi connectivity index (χ4n) is 3.23. The highest BCUT2D eigenvalue weighted by Crippen LogP contribution is 2.18. The fraction of sp³-hybridized carbons (Fsp3) is 0.0952. The van der Waals surface area contributed by atoms with Crippen LogP contribution in [0, 0.1) is 0 Å². The number of rotatable bonds is 5. The third kappa shape index (κ3) is 3.73. The van der Waals surface area contributed by atoms with Gasteiger partial charge in [0.25, 0.3) is 5.91 Å². The first kappa shape index (κ1) is 18.6. The topological polar surface area (TPSA) is 123 Å². The van der Waals surface area contributed by atoms with Gasteiger partial charge in [0, 0.05) is 30.4 Å². The molecule has 0 bridgehead atoms. The van der Waals surface area contributed by atoms with Crippen LogP contribution in [0.2, 0.25) is 0 Å². The average molecular weight is 411 g/mol. The molecule has 10 nitrogen and oxygen atoms in total. The van der Waals surface area contributed by atoms with Gasteiger partial charge in [0.15, 0.2) is 11.5 Å². The summed E-state index contributed by atoms with van der Waals surface area (Å²) >= 11 is 0. The van der Waals surface area contributed by atoms with E-state index in [4.69, 9.17) is 0 Å². The number of anilines is 2. The van der Waals surface area contributed by atoms with Crippen molar-refractivity contribution in [3.05, 3.63) is 72.2 Å². The summed E-state index contributed by atoms with van der Waals surface area (Å²) in [5, 5.41) is 15.0. The quantitative estimate of drug-likeness (QED) is 0.452. The van der Waals surface area contributed by atoms with Crippen LogP contribution < -0.4 is 10.6 Å². The van der Waals surface area contributed by atoms with Crippen LogP contribution >= 0.6 is 0 Å². The van der Waals surface area contributed by atoms with Crippen LogP contribution in [-0.4, -0.2) is 47.9 Å². The van der Waals surface area contributed by atoms with Crippen LogP contribution in [0.15, 0.2) is 61.1 Å². The van der Waals surface area contributed by atoms with Crippen LogP contribution in [0.4, 0.5) is 11.6 Å². The van der Waals surface area contributed by atoms with Crippen molar-refractivity contribution in [3.8, 4) is 0 Å². The minimum atomic E-state index is -0.195. The van der Waals surface area contributed by atoms with Crippen LogP contribution in [0.25, 0.3) is 22.2 Å². The Bertz CT molecular complexity index is 1410. The predicted molar refractivity (Wildman–Crippen MR) is 115 cm³/mol. The summed E-state index contributed by atoms with van der Waals surface area (Å²) in [4.78, 5) is 29.3. The molecule has 2 N–H and O–H groups in total. The molecule has 0 unspecified atom stereocenters. The molecule has 1 aromatic carbocycles. The molecule has 31 heavy (non-hydrogen) atoms. The maximum Gasteiger partial charge on any atom is 0.251 e. The molecular weight excluding hydrogens is 394 g/mol. The first-order chi connectivity index (χ1) is 15.2. The molecule has 4 heterocycles. The second kappa shape index (κ2) is 7.75. The number of benzene rings is 1. The SMILES string of the molecule is CNC(=O)c1ccnc(Nc2cnc3nnn(Cc4ccc5ncccc5c4)c3n2)c1. The number of hydrogen-bond donors (Lipinski definition) is 2. The largest absolute Gasteiger partial charge is 0.355 e. The summed E-state index contributed by atoms with van der Waals surface area (Å²) in [6.07, 6.45) is 4.88. The number of nitrogens with zero attached hydrogens (tertiary/aromatic N) is 7. The Hall–Kier alpha value is -4.47. The summed E-state index contributed by atoms with van der Waals surface area (Å²) in [5.74, 6) is 0.760. The van der Waals surface area contributed by atoms with Gasteiger partial charge in [-0.3, -0.25) is 9.78 Å². The van der Waals surface area contributed by atoms with Gasteiger partial charge in [0.05, 0.1) is 18.3 Å². The third-order valence-electron chi connectivity index (χ3n) is 4.73. The highest BCUT2D eigenvalue weighted by Gasteiger charge is 2.11. The molecular formula is C21H17N9O. The second-order valence-electron chi connectivity index (χ2n) is 6.81. The Labute approximate surface area is 176 Å². The summed E-state index contributed by atoms with van der Waals surface area (Å²) in [7, 11) is 1.58. The van der Waals surface area contributed by atoms with E-state index in [-0.39, 0.29) is 5.91 Å². The lowest BCUT2D eigenvalue weighted by Crippen LogP contribution is -2.17. The fourth-order valence-corrected chi connectivity index (χ4v) is 3.23. The number of carbonyl (C=O) groups is 1. The highest BCUT2D eigenvalue weighted by molar-refractivity contribution is 5.94. The zero-order valence-corrected chi connectivity index (χ0v) is 16.5. The second-order valence-corrected chi connectivity index (χ2v) is 6.81. The average Bonchev–Trinajstić information content (AvgIpc) is 3.20. The summed E-state index contributed by atoms with van der Waals surface area (Å²) in [6, 6.07) is 13.3. The van der Waals surface area contributed by atoms with Gasteiger partial charge >= 0.3 is 0 Å². The van der Waals surface area contributed by atoms with Crippen LogP contribution in [0.5, 0.6) is 0 Å². The van der Waals surface area contributed by atoms with Crippen LogP contribution in [0.1, 0.15) is 15.9 Å². The van der Waals surface area contributed by atoms with Gasteiger partial charge in [-0.1, -0.05) is 17.3 Å². The lowest BCUT2D eigenvalue weighted by Gasteiger charge is -2.07. The normalized spacial score (nSPS) is 11.0. The minimum Gasteiger partial charge on any atom is -0.355 e. The van der Waals surface area contributed by atoms with E-state index < -0.39 is 0 Å². The van der Waals surface area contributed by atoms with E-state index in [1.54, 1.807) is 42.5 Å². The van der Waals surface area contributed by atoms with Gasteiger partial charge in [0.2, 0.25) is 5.65 Å². The van der Waals surface area contributed by atoms with E-state index in [9.17, 15) is 4.79 Å². The molecule has 0 fully saturated rings. The Morgan fingerprint density at radius 2 is 1.97 bits per heavy atom. The maximum atomic E-state index is 11.8. The van der Waals surface area contributed by atoms with Crippen molar-refractivity contribution >= 4 is 39.7 Å². The first-order valence-electron chi connectivity index (χ1n) is 9.55. The maximum absolute atomic E-state index is 11.8. The molecule has 10 heteroatoms. The summed E-state index contributed by atoms with van der Waals surface area (Å²) in [5.41, 5.74) is 3.46. The van der Waals surface area contributed by atoms with Gasteiger partial charge < -0.3 is 10.6 Å². The molecule has 4 aromatic heterocycles. The van der Waals surface area contributed by atoms with Crippen molar-refractivity contribution in [2.24, 2.45) is 0 Å². The summed E-state index contributed by atoms with van der Waals surface area (Å²) < 4.78 is 1.69. The molecule has 0 aliphatic carbocycles. The highest BCUT2D eigenvalue weighted by atomic mass is 16.1. The minimum absolute atomic E-state index is 0.195. The molecule has 0 aliphatic heterocycles. The van der Waals surface area contributed by atoms with Crippen LogP contribution in [-0.2, 0) is 6.54 Å². The number of hydrogen-bond acceptors (Lipinski definition) is 8. The van der Waals surface area contributed by atoms with Crippen LogP contribution in [0.3, 0.4) is 0 Å². The molecule has 0 saturated heterocycles. The number of nitrogens with one attached hydrogen (secondary N) is 2. The van der Waals surface area contributed by atoms with Crippen molar-refractivity contribution < 1.29 is 4.79 Å². The van der Waals surface area contributed by atoms with Crippen molar-refractivity contribution in [1.29, 1.82) is 0 Å². The van der Waals surface area contributed by atoms with Crippen molar-refractivity contribution in [2.45, 2.75) is 6.54 Å². The molecule has 5 rings (SSSR count). The van der Waals surface area contributed by atoms with Crippen molar-refractivity contribution in [1.82, 2.24) is 40.2 Å². The number of aromatic nitrogens is 7. The Balaban J connectivity index is 1.43. The predicted octanol–water partition coefficient (Wildman–Crippen LogP) is 2.32. The molecule has 0 radical (unpaired) electrons. The Kier molecular flexibility index (Phi) is 4.64. The van der Waals surface area contributed by atoms with E-state index in [1.807, 2.05) is 24.3 Å². The van der Waals surface area contributed by atoms with E-state index in [0.717, 1.165) is 16.5 Å². The Morgan fingerprint density at radius 3 is 2.87 bits per heavy atom. The van der Waals surface area contributed by atoms with Crippen molar-refractivity contribution in [3.63, 3.8) is 0 Å². The Morgan fingerprint density at radius 1 is 1.03 bits per heavy atom.